The van der Waals surface area contributed by atoms with E-state index >= 15 is 0 Å². The van der Waals surface area contributed by atoms with Crippen LogP contribution in [0.3, 0.4) is 0 Å². The molecule has 1 fully saturated rings. The van der Waals surface area contributed by atoms with Crippen molar-refractivity contribution in [3.8, 4) is 0 Å². The van der Waals surface area contributed by atoms with E-state index in [1.807, 2.05) is 0 Å². The fourth-order valence-corrected chi connectivity index (χ4v) is 5.06. The van der Waals surface area contributed by atoms with Crippen LogP contribution < -0.4 is 0 Å². The highest BCUT2D eigenvalue weighted by molar-refractivity contribution is 5.78. The molecule has 1 saturated heterocycles. The van der Waals surface area contributed by atoms with Gasteiger partial charge in [0.15, 0.2) is 0 Å². The quantitative estimate of drug-likeness (QED) is 0.568. The molecule has 1 heterocycles. The maximum atomic E-state index is 13.5. The van der Waals surface area contributed by atoms with Gasteiger partial charge in [-0.3, -0.25) is 9.69 Å². The predicted molar refractivity (Wildman–Crippen MR) is 111 cm³/mol. The van der Waals surface area contributed by atoms with Gasteiger partial charge in [0.1, 0.15) is 5.60 Å². The zero-order chi connectivity index (χ0) is 21.0. The van der Waals surface area contributed by atoms with Gasteiger partial charge in [-0.1, -0.05) is 41.5 Å². The Kier molecular flexibility index (Phi) is 5.87. The molecule has 1 aliphatic heterocycles. The van der Waals surface area contributed by atoms with Crippen LogP contribution in [0.2, 0.25) is 0 Å². The molecule has 0 aliphatic carbocycles. The normalized spacial score (nSPS) is 25.4. The summed E-state index contributed by atoms with van der Waals surface area (Å²) in [4.78, 5) is 16.0. The van der Waals surface area contributed by atoms with Crippen LogP contribution >= 0.6 is 0 Å². The van der Waals surface area contributed by atoms with Crippen molar-refractivity contribution in [3.05, 3.63) is 0 Å². The zero-order valence-corrected chi connectivity index (χ0v) is 19.9. The molecule has 0 N–H and O–H groups in total. The molecule has 3 nitrogen and oxygen atoms in total. The first-order valence-electron chi connectivity index (χ1n) is 10.1. The van der Waals surface area contributed by atoms with Crippen molar-refractivity contribution in [2.45, 2.75) is 119 Å². The number of hydrogen-bond donors (Lipinski definition) is 0. The van der Waals surface area contributed by atoms with Crippen LogP contribution in [-0.2, 0) is 9.53 Å². The first-order valence-corrected chi connectivity index (χ1v) is 10.1. The summed E-state index contributed by atoms with van der Waals surface area (Å²) in [6.45, 7) is 26.3. The number of ether oxygens (including phenoxy) is 1. The molecule has 1 atom stereocenters. The summed E-state index contributed by atoms with van der Waals surface area (Å²) in [5, 5.41) is 0. The second kappa shape index (κ2) is 6.50. The molecular weight excluding hydrogens is 322 g/mol. The maximum absolute atomic E-state index is 13.5. The standard InChI is InChI=1S/C23H45NO2/c1-18(2,3)14-23(12,19(4,5)6)17(25)26-22(11)15-20(7,8)24(13)21(9,10)16-22/h14-16H2,1-13H3. The van der Waals surface area contributed by atoms with Gasteiger partial charge in [0.25, 0.3) is 0 Å². The number of rotatable bonds is 3. The monoisotopic (exact) mass is 367 g/mol. The van der Waals surface area contributed by atoms with E-state index in [2.05, 4.69) is 95.0 Å². The van der Waals surface area contributed by atoms with E-state index < -0.39 is 11.0 Å². The summed E-state index contributed by atoms with van der Waals surface area (Å²) in [5.41, 5.74) is -1.09. The molecule has 1 rings (SSSR count). The summed E-state index contributed by atoms with van der Waals surface area (Å²) in [6, 6.07) is 0. The average Bonchev–Trinajstić information content (AvgIpc) is 2.30. The average molecular weight is 368 g/mol. The number of esters is 1. The molecule has 0 spiro atoms. The fraction of sp³-hybridized carbons (Fsp3) is 0.957. The SMILES string of the molecule is CN1C(C)(C)CC(C)(OC(=O)C(C)(CC(C)(C)C)C(C)(C)C)CC1(C)C. The fourth-order valence-electron chi connectivity index (χ4n) is 5.06. The minimum atomic E-state index is -0.522. The van der Waals surface area contributed by atoms with E-state index in [0.717, 1.165) is 19.3 Å². The minimum absolute atomic E-state index is 0.0149. The molecule has 0 saturated carbocycles. The molecule has 3 heteroatoms. The van der Waals surface area contributed by atoms with Gasteiger partial charge in [-0.15, -0.1) is 0 Å². The number of carbonyl (C=O) groups excluding carboxylic acids is 1. The Morgan fingerprint density at radius 2 is 1.27 bits per heavy atom. The smallest absolute Gasteiger partial charge is 0.312 e. The molecule has 0 aromatic heterocycles. The third-order valence-electron chi connectivity index (χ3n) is 6.76. The van der Waals surface area contributed by atoms with Crippen molar-refractivity contribution in [1.82, 2.24) is 4.90 Å². The van der Waals surface area contributed by atoms with Crippen molar-refractivity contribution < 1.29 is 9.53 Å². The van der Waals surface area contributed by atoms with Gasteiger partial charge in [-0.2, -0.15) is 0 Å². The Bertz CT molecular complexity index is 515. The Balaban J connectivity index is 3.20. The van der Waals surface area contributed by atoms with Crippen LogP contribution in [0.15, 0.2) is 0 Å². The van der Waals surface area contributed by atoms with Gasteiger partial charge < -0.3 is 4.74 Å². The van der Waals surface area contributed by atoms with Crippen LogP contribution in [0, 0.1) is 16.2 Å². The summed E-state index contributed by atoms with van der Waals surface area (Å²) in [7, 11) is 2.18. The predicted octanol–water partition coefficient (Wildman–Crippen LogP) is 6.06. The van der Waals surface area contributed by atoms with Gasteiger partial charge in [0.05, 0.1) is 5.41 Å². The number of hydrogen-bond acceptors (Lipinski definition) is 3. The lowest BCUT2D eigenvalue weighted by Gasteiger charge is -2.57. The Morgan fingerprint density at radius 3 is 1.58 bits per heavy atom. The molecule has 1 unspecified atom stereocenters. The largest absolute Gasteiger partial charge is 0.459 e. The van der Waals surface area contributed by atoms with E-state index in [9.17, 15) is 4.79 Å². The van der Waals surface area contributed by atoms with Crippen molar-refractivity contribution in [2.24, 2.45) is 16.2 Å². The summed E-state index contributed by atoms with van der Waals surface area (Å²) in [5.74, 6) is -0.0430. The van der Waals surface area contributed by atoms with Gasteiger partial charge in [0, 0.05) is 23.9 Å². The van der Waals surface area contributed by atoms with E-state index in [1.54, 1.807) is 0 Å². The van der Waals surface area contributed by atoms with Gasteiger partial charge in [-0.05, 0) is 65.8 Å². The highest BCUT2D eigenvalue weighted by atomic mass is 16.6. The molecule has 0 aromatic carbocycles. The summed E-state index contributed by atoms with van der Waals surface area (Å²) >= 11 is 0. The summed E-state index contributed by atoms with van der Waals surface area (Å²) < 4.78 is 6.37. The minimum Gasteiger partial charge on any atom is -0.459 e. The van der Waals surface area contributed by atoms with Crippen LogP contribution in [0.4, 0.5) is 0 Å². The van der Waals surface area contributed by atoms with Crippen LogP contribution in [-0.4, -0.2) is 34.6 Å². The van der Waals surface area contributed by atoms with Crippen molar-refractivity contribution in [2.75, 3.05) is 7.05 Å². The zero-order valence-electron chi connectivity index (χ0n) is 19.9. The molecule has 0 bridgehead atoms. The molecule has 0 amide bonds. The first kappa shape index (κ1) is 23.5. The number of nitrogens with zero attached hydrogens (tertiary/aromatic N) is 1. The van der Waals surface area contributed by atoms with Gasteiger partial charge in [-0.25, -0.2) is 0 Å². The maximum Gasteiger partial charge on any atom is 0.312 e. The molecule has 26 heavy (non-hydrogen) atoms. The van der Waals surface area contributed by atoms with Crippen LogP contribution in [0.1, 0.15) is 102 Å². The van der Waals surface area contributed by atoms with Crippen LogP contribution in [0.25, 0.3) is 0 Å². The van der Waals surface area contributed by atoms with Crippen molar-refractivity contribution in [3.63, 3.8) is 0 Å². The summed E-state index contributed by atoms with van der Waals surface area (Å²) in [6.07, 6.45) is 2.51. The Labute approximate surface area is 163 Å². The highest BCUT2D eigenvalue weighted by Gasteiger charge is 2.54. The molecule has 0 aromatic rings. The number of carbonyl (C=O) groups is 1. The third kappa shape index (κ3) is 4.82. The molecule has 0 radical (unpaired) electrons. The topological polar surface area (TPSA) is 29.5 Å². The first-order chi connectivity index (χ1) is 11.2. The number of likely N-dealkylation sites (tertiary alicyclic amines) is 1. The van der Waals surface area contributed by atoms with Gasteiger partial charge >= 0.3 is 5.97 Å². The van der Waals surface area contributed by atoms with Gasteiger partial charge in [0.2, 0.25) is 0 Å². The van der Waals surface area contributed by atoms with E-state index in [4.69, 9.17) is 4.74 Å². The number of piperidine rings is 1. The van der Waals surface area contributed by atoms with Crippen molar-refractivity contribution >= 4 is 5.97 Å². The van der Waals surface area contributed by atoms with E-state index in [0.29, 0.717) is 0 Å². The van der Waals surface area contributed by atoms with E-state index in [-0.39, 0.29) is 27.9 Å². The lowest BCUT2D eigenvalue weighted by atomic mass is 9.61. The lowest BCUT2D eigenvalue weighted by molar-refractivity contribution is -0.196. The third-order valence-corrected chi connectivity index (χ3v) is 6.76. The second-order valence-electron chi connectivity index (χ2n) is 12.7. The van der Waals surface area contributed by atoms with Crippen LogP contribution in [0.5, 0.6) is 0 Å². The highest BCUT2D eigenvalue weighted by Crippen LogP contribution is 2.50. The molecular formula is C23H45NO2. The molecule has 154 valence electrons. The van der Waals surface area contributed by atoms with Crippen molar-refractivity contribution in [1.29, 1.82) is 0 Å². The second-order valence-corrected chi connectivity index (χ2v) is 12.7. The lowest BCUT2D eigenvalue weighted by Crippen LogP contribution is -2.64. The molecule has 1 aliphatic rings. The van der Waals surface area contributed by atoms with E-state index in [1.165, 1.54) is 0 Å². The Hall–Kier alpha value is -0.570. The Morgan fingerprint density at radius 1 is 0.885 bits per heavy atom.